The highest BCUT2D eigenvalue weighted by molar-refractivity contribution is 5.78. The first-order valence-corrected chi connectivity index (χ1v) is 6.01. The Kier molecular flexibility index (Phi) is 4.34. The Hall–Kier alpha value is -2.82. The van der Waals surface area contributed by atoms with Crippen LogP contribution in [0.5, 0.6) is 5.75 Å². The number of H-pyrrole nitrogens is 1. The predicted octanol–water partition coefficient (Wildman–Crippen LogP) is 3.77. The number of aromatic amines is 1. The van der Waals surface area contributed by atoms with E-state index in [4.69, 9.17) is 4.74 Å². The molecule has 3 aromatic rings. The van der Waals surface area contributed by atoms with Crippen molar-refractivity contribution in [2.24, 2.45) is 0 Å². The normalized spacial score (nSPS) is 9.65. The summed E-state index contributed by atoms with van der Waals surface area (Å²) in [5, 5.41) is 11.5. The van der Waals surface area contributed by atoms with Crippen LogP contribution in [0, 0.1) is 10.1 Å². The van der Waals surface area contributed by atoms with Gasteiger partial charge in [-0.1, -0.05) is 24.3 Å². The van der Waals surface area contributed by atoms with Crippen molar-refractivity contribution in [1.29, 1.82) is 0 Å². The molecule has 0 amide bonds. The van der Waals surface area contributed by atoms with Crippen molar-refractivity contribution >= 4 is 16.6 Å². The third kappa shape index (κ3) is 3.35. The molecule has 1 heterocycles. The summed E-state index contributed by atoms with van der Waals surface area (Å²) in [5.41, 5.74) is 1.25. The van der Waals surface area contributed by atoms with E-state index in [0.717, 1.165) is 0 Å². The zero-order chi connectivity index (χ0) is 14.4. The summed E-state index contributed by atoms with van der Waals surface area (Å²) in [4.78, 5) is 12.9. The van der Waals surface area contributed by atoms with Crippen LogP contribution in [-0.4, -0.2) is 17.0 Å². The van der Waals surface area contributed by atoms with Gasteiger partial charge in [-0.25, -0.2) is 0 Å². The number of ether oxygens (including phenoxy) is 1. The van der Waals surface area contributed by atoms with Crippen LogP contribution in [-0.2, 0) is 0 Å². The summed E-state index contributed by atoms with van der Waals surface area (Å²) in [6, 6.07) is 16.3. The van der Waals surface area contributed by atoms with Crippen LogP contribution in [0.3, 0.4) is 0 Å². The molecule has 0 saturated heterocycles. The topological polar surface area (TPSA) is 68.2 Å². The number of benzene rings is 2. The highest BCUT2D eigenvalue weighted by atomic mass is 16.6. The molecule has 20 heavy (non-hydrogen) atoms. The predicted molar refractivity (Wildman–Crippen MR) is 77.9 cm³/mol. The minimum absolute atomic E-state index is 0.0457. The van der Waals surface area contributed by atoms with Crippen molar-refractivity contribution in [2.45, 2.75) is 0 Å². The van der Waals surface area contributed by atoms with E-state index in [1.807, 2.05) is 18.3 Å². The number of hydrogen-bond donors (Lipinski definition) is 1. The average molecular weight is 270 g/mol. The van der Waals surface area contributed by atoms with E-state index in [9.17, 15) is 10.1 Å². The molecule has 0 unspecified atom stereocenters. The Morgan fingerprint density at radius 2 is 1.90 bits per heavy atom. The Balaban J connectivity index is 0.000000149. The number of nitrogens with zero attached hydrogens (tertiary/aromatic N) is 1. The zero-order valence-electron chi connectivity index (χ0n) is 10.9. The number of rotatable bonds is 2. The maximum atomic E-state index is 10.2. The highest BCUT2D eigenvalue weighted by Gasteiger charge is 2.04. The van der Waals surface area contributed by atoms with Crippen molar-refractivity contribution in [3.8, 4) is 5.75 Å². The summed E-state index contributed by atoms with van der Waals surface area (Å²) < 4.78 is 4.80. The number of fused-ring (bicyclic) bond motifs is 1. The quantitative estimate of drug-likeness (QED) is 0.569. The van der Waals surface area contributed by atoms with E-state index in [2.05, 4.69) is 23.2 Å². The maximum absolute atomic E-state index is 10.2. The van der Waals surface area contributed by atoms with Crippen molar-refractivity contribution < 1.29 is 9.66 Å². The van der Waals surface area contributed by atoms with Crippen molar-refractivity contribution in [2.75, 3.05) is 7.11 Å². The van der Waals surface area contributed by atoms with Crippen molar-refractivity contribution in [3.05, 3.63) is 70.9 Å². The standard InChI is InChI=1S/C8H7N.C7H7NO3/c1-2-4-8-7(3-1)5-6-9-8;1-11-7-4-2-3-6(5-7)8(9)10/h1-6,9H;2-5H,1H3. The monoisotopic (exact) mass is 270 g/mol. The largest absolute Gasteiger partial charge is 0.497 e. The van der Waals surface area contributed by atoms with Crippen molar-refractivity contribution in [3.63, 3.8) is 0 Å². The molecule has 2 aromatic carbocycles. The molecule has 0 bridgehead atoms. The third-order valence-corrected chi connectivity index (χ3v) is 2.73. The fourth-order valence-electron chi connectivity index (χ4n) is 1.72. The number of para-hydroxylation sites is 1. The average Bonchev–Trinajstić information content (AvgIpc) is 2.96. The second-order valence-electron chi connectivity index (χ2n) is 4.02. The molecule has 102 valence electrons. The molecule has 0 aliphatic heterocycles. The molecule has 0 spiro atoms. The molecule has 0 fully saturated rings. The van der Waals surface area contributed by atoms with Gasteiger partial charge in [0.25, 0.3) is 5.69 Å². The van der Waals surface area contributed by atoms with Gasteiger partial charge in [0.15, 0.2) is 0 Å². The molecular weight excluding hydrogens is 256 g/mol. The number of nitro benzene ring substituents is 1. The van der Waals surface area contributed by atoms with Gasteiger partial charge in [0.2, 0.25) is 0 Å². The zero-order valence-corrected chi connectivity index (χ0v) is 10.9. The van der Waals surface area contributed by atoms with Crippen LogP contribution < -0.4 is 4.74 Å². The highest BCUT2D eigenvalue weighted by Crippen LogP contribution is 2.18. The molecule has 5 nitrogen and oxygen atoms in total. The van der Waals surface area contributed by atoms with Crippen LogP contribution in [0.2, 0.25) is 0 Å². The lowest BCUT2D eigenvalue weighted by atomic mass is 10.3. The van der Waals surface area contributed by atoms with Gasteiger partial charge in [0.05, 0.1) is 18.1 Å². The molecule has 1 aromatic heterocycles. The van der Waals surface area contributed by atoms with Crippen LogP contribution in [0.4, 0.5) is 5.69 Å². The van der Waals surface area contributed by atoms with Crippen LogP contribution in [0.25, 0.3) is 10.9 Å². The molecule has 1 N–H and O–H groups in total. The number of methoxy groups -OCH3 is 1. The summed E-state index contributed by atoms with van der Waals surface area (Å²) in [6.07, 6.45) is 1.95. The SMILES string of the molecule is COc1cccc([N+](=O)[O-])c1.c1ccc2[nH]ccc2c1. The van der Waals surface area contributed by atoms with E-state index < -0.39 is 4.92 Å². The number of aromatic nitrogens is 1. The van der Waals surface area contributed by atoms with Gasteiger partial charge in [-0.05, 0) is 23.6 Å². The number of hydrogen-bond acceptors (Lipinski definition) is 3. The lowest BCUT2D eigenvalue weighted by Crippen LogP contribution is -1.88. The van der Waals surface area contributed by atoms with E-state index in [1.54, 1.807) is 12.1 Å². The van der Waals surface area contributed by atoms with Gasteiger partial charge < -0.3 is 9.72 Å². The first kappa shape index (κ1) is 13.6. The molecule has 0 aliphatic rings. The van der Waals surface area contributed by atoms with Crippen LogP contribution in [0.1, 0.15) is 0 Å². The van der Waals surface area contributed by atoms with E-state index in [1.165, 1.54) is 30.1 Å². The van der Waals surface area contributed by atoms with Gasteiger partial charge >= 0.3 is 0 Å². The second-order valence-corrected chi connectivity index (χ2v) is 4.02. The summed E-state index contributed by atoms with van der Waals surface area (Å²) >= 11 is 0. The maximum Gasteiger partial charge on any atom is 0.273 e. The van der Waals surface area contributed by atoms with Gasteiger partial charge in [-0.3, -0.25) is 10.1 Å². The van der Waals surface area contributed by atoms with E-state index >= 15 is 0 Å². The second kappa shape index (κ2) is 6.38. The summed E-state index contributed by atoms with van der Waals surface area (Å²) in [5.74, 6) is 0.499. The van der Waals surface area contributed by atoms with Gasteiger partial charge in [0, 0.05) is 17.8 Å². The lowest BCUT2D eigenvalue weighted by Gasteiger charge is -1.96. The Morgan fingerprint density at radius 3 is 2.60 bits per heavy atom. The molecule has 0 radical (unpaired) electrons. The Labute approximate surface area is 116 Å². The molecule has 3 rings (SSSR count). The molecule has 5 heteroatoms. The van der Waals surface area contributed by atoms with Crippen molar-refractivity contribution in [1.82, 2.24) is 4.98 Å². The van der Waals surface area contributed by atoms with Crippen LogP contribution in [0.15, 0.2) is 60.8 Å². The first-order valence-electron chi connectivity index (χ1n) is 6.01. The number of nitrogens with one attached hydrogen (secondary N) is 1. The van der Waals surface area contributed by atoms with Crippen LogP contribution >= 0.6 is 0 Å². The van der Waals surface area contributed by atoms with E-state index in [0.29, 0.717) is 5.75 Å². The van der Waals surface area contributed by atoms with Gasteiger partial charge in [-0.15, -0.1) is 0 Å². The lowest BCUT2D eigenvalue weighted by molar-refractivity contribution is -0.384. The molecule has 0 aliphatic carbocycles. The van der Waals surface area contributed by atoms with Gasteiger partial charge in [-0.2, -0.15) is 0 Å². The first-order chi connectivity index (χ1) is 9.70. The molecular formula is C15H14N2O3. The number of non-ortho nitro benzene ring substituents is 1. The minimum atomic E-state index is -0.456. The smallest absolute Gasteiger partial charge is 0.273 e. The Bertz CT molecular complexity index is 677. The number of nitro groups is 1. The molecule has 0 saturated carbocycles. The fraction of sp³-hybridized carbons (Fsp3) is 0.0667. The van der Waals surface area contributed by atoms with Gasteiger partial charge in [0.1, 0.15) is 5.75 Å². The summed E-state index contributed by atoms with van der Waals surface area (Å²) in [6.45, 7) is 0. The molecule has 0 atom stereocenters. The Morgan fingerprint density at radius 1 is 1.10 bits per heavy atom. The fourth-order valence-corrected chi connectivity index (χ4v) is 1.72. The minimum Gasteiger partial charge on any atom is -0.497 e. The van der Waals surface area contributed by atoms with E-state index in [-0.39, 0.29) is 5.69 Å². The summed E-state index contributed by atoms with van der Waals surface area (Å²) in [7, 11) is 1.47. The third-order valence-electron chi connectivity index (χ3n) is 2.73.